The normalized spacial score (nSPS) is 18.1. The van der Waals surface area contributed by atoms with Crippen molar-refractivity contribution in [2.24, 2.45) is 0 Å². The zero-order valence-corrected chi connectivity index (χ0v) is 21.2. The second-order valence-electron chi connectivity index (χ2n) is 9.20. The summed E-state index contributed by atoms with van der Waals surface area (Å²) in [6, 6.07) is 6.10. The molecule has 1 atom stereocenters. The molecular weight excluding hydrogens is 535 g/mol. The minimum Gasteiger partial charge on any atom is -0.481 e. The fraction of sp³-hybridized carbons (Fsp3) is 0.320. The fourth-order valence-corrected chi connectivity index (χ4v) is 4.18. The van der Waals surface area contributed by atoms with Gasteiger partial charge in [-0.15, -0.1) is 0 Å². The molecule has 0 radical (unpaired) electrons. The molecule has 1 aromatic carbocycles. The van der Waals surface area contributed by atoms with E-state index in [9.17, 15) is 23.9 Å². The van der Waals surface area contributed by atoms with E-state index in [1.165, 1.54) is 24.4 Å². The number of carboxylic acid groups (broad SMARTS) is 1. The van der Waals surface area contributed by atoms with E-state index in [4.69, 9.17) is 21.4 Å². The molecule has 2 aromatic heterocycles. The predicted octanol–water partition coefficient (Wildman–Crippen LogP) is 3.14. The van der Waals surface area contributed by atoms with Crippen LogP contribution < -0.4 is 10.6 Å². The van der Waals surface area contributed by atoms with Crippen molar-refractivity contribution in [3.8, 4) is 0 Å². The molecule has 0 bridgehead atoms. The number of nitrogens with one attached hydrogen (secondary N) is 2. The third kappa shape index (κ3) is 6.10. The van der Waals surface area contributed by atoms with E-state index in [2.05, 4.69) is 20.7 Å². The molecular formula is C25H24ClFN6O6. The Balaban J connectivity index is 1.40. The topological polar surface area (TPSA) is 158 Å². The first-order valence-electron chi connectivity index (χ1n) is 12.1. The number of ether oxygens (including phenoxy) is 1. The zero-order chi connectivity index (χ0) is 27.7. The molecule has 2 fully saturated rings. The SMILES string of the molecule is O=C(O)CCC(=O)OCN1C(=O)C/C(=C\c2cnn3c(NC4CC4)cc(Nc4cc(Cl)ccc4F)nc23)C1O. The average Bonchev–Trinajstić information content (AvgIpc) is 3.55. The van der Waals surface area contributed by atoms with Gasteiger partial charge in [-0.3, -0.25) is 19.3 Å². The van der Waals surface area contributed by atoms with Crippen molar-refractivity contribution in [1.82, 2.24) is 19.5 Å². The molecule has 1 unspecified atom stereocenters. The molecule has 3 aromatic rings. The second kappa shape index (κ2) is 10.9. The molecule has 4 N–H and O–H groups in total. The van der Waals surface area contributed by atoms with E-state index < -0.39 is 43.0 Å². The highest BCUT2D eigenvalue weighted by Crippen LogP contribution is 2.31. The Bertz CT molecular complexity index is 1490. The molecule has 1 aliphatic carbocycles. The average molecular weight is 559 g/mol. The number of aliphatic hydroxyl groups is 1. The van der Waals surface area contributed by atoms with Gasteiger partial charge in [0, 0.05) is 22.7 Å². The van der Waals surface area contributed by atoms with Crippen LogP contribution in [-0.4, -0.2) is 66.6 Å². The smallest absolute Gasteiger partial charge is 0.308 e. The number of carbonyl (C=O) groups is 3. The standard InChI is InChI=1S/C25H24ClFN6O6/c26-15-1-4-17(27)18(9-15)30-19-10-20(29-16-2-3-16)33-24(31-19)14(11-28-33)7-13-8-21(34)32(25(13)38)12-39-23(37)6-5-22(35)36/h1,4,7,9-11,16,25,29,38H,2-3,5-6,8,12H2,(H,30,31)(H,35,36)/b13-7+. The lowest BCUT2D eigenvalue weighted by Gasteiger charge is -2.20. The van der Waals surface area contributed by atoms with Gasteiger partial charge in [0.1, 0.15) is 17.5 Å². The van der Waals surface area contributed by atoms with Crippen LogP contribution in [0.2, 0.25) is 5.02 Å². The number of carbonyl (C=O) groups excluding carboxylic acids is 2. The lowest BCUT2D eigenvalue weighted by molar-refractivity contribution is -0.158. The first-order valence-corrected chi connectivity index (χ1v) is 12.5. The predicted molar refractivity (Wildman–Crippen MR) is 138 cm³/mol. The molecule has 2 aliphatic rings. The van der Waals surface area contributed by atoms with Crippen LogP contribution in [0.3, 0.4) is 0 Å². The molecule has 39 heavy (non-hydrogen) atoms. The van der Waals surface area contributed by atoms with Gasteiger partial charge < -0.3 is 25.6 Å². The largest absolute Gasteiger partial charge is 0.481 e. The van der Waals surface area contributed by atoms with E-state index in [0.717, 1.165) is 17.7 Å². The summed E-state index contributed by atoms with van der Waals surface area (Å²) in [5, 5.41) is 30.5. The maximum atomic E-state index is 14.4. The van der Waals surface area contributed by atoms with Gasteiger partial charge in [-0.25, -0.2) is 9.37 Å². The summed E-state index contributed by atoms with van der Waals surface area (Å²) in [6.07, 6.45) is 2.85. The molecule has 14 heteroatoms. The molecule has 1 aliphatic heterocycles. The second-order valence-corrected chi connectivity index (χ2v) is 9.64. The van der Waals surface area contributed by atoms with Gasteiger partial charge in [0.15, 0.2) is 18.6 Å². The Hall–Kier alpha value is -4.23. The van der Waals surface area contributed by atoms with Gasteiger partial charge in [-0.1, -0.05) is 11.6 Å². The number of aromatic nitrogens is 3. The summed E-state index contributed by atoms with van der Waals surface area (Å²) in [5.74, 6) is -1.99. The number of halogens is 2. The maximum absolute atomic E-state index is 14.4. The molecule has 12 nitrogen and oxygen atoms in total. The summed E-state index contributed by atoms with van der Waals surface area (Å²) in [7, 11) is 0. The van der Waals surface area contributed by atoms with E-state index in [1.807, 2.05) is 0 Å². The first kappa shape index (κ1) is 26.4. The van der Waals surface area contributed by atoms with Crippen LogP contribution in [0.4, 0.5) is 21.7 Å². The van der Waals surface area contributed by atoms with Crippen LogP contribution in [0.15, 0.2) is 36.0 Å². The Labute approximate surface area is 226 Å². The van der Waals surface area contributed by atoms with Gasteiger partial charge >= 0.3 is 11.9 Å². The minimum absolute atomic E-state index is 0.135. The van der Waals surface area contributed by atoms with Crippen LogP contribution in [0.5, 0.6) is 0 Å². The van der Waals surface area contributed by atoms with E-state index in [-0.39, 0.29) is 24.6 Å². The Morgan fingerprint density at radius 2 is 2.05 bits per heavy atom. The fourth-order valence-electron chi connectivity index (χ4n) is 4.01. The van der Waals surface area contributed by atoms with Gasteiger partial charge in [-0.2, -0.15) is 9.61 Å². The molecule has 3 heterocycles. The van der Waals surface area contributed by atoms with Crippen LogP contribution in [0.25, 0.3) is 11.7 Å². The summed E-state index contributed by atoms with van der Waals surface area (Å²) < 4.78 is 20.9. The highest BCUT2D eigenvalue weighted by molar-refractivity contribution is 6.30. The van der Waals surface area contributed by atoms with E-state index in [0.29, 0.717) is 33.4 Å². The van der Waals surface area contributed by atoms with E-state index in [1.54, 1.807) is 16.7 Å². The van der Waals surface area contributed by atoms with Gasteiger partial charge in [0.2, 0.25) is 5.91 Å². The van der Waals surface area contributed by atoms with Crippen molar-refractivity contribution in [3.05, 3.63) is 52.4 Å². The number of benzene rings is 1. The minimum atomic E-state index is -1.37. The van der Waals surface area contributed by atoms with Crippen LogP contribution in [0, 0.1) is 5.82 Å². The number of hydrogen-bond acceptors (Lipinski definition) is 9. The number of esters is 1. The molecule has 1 amide bonds. The molecule has 1 saturated carbocycles. The van der Waals surface area contributed by atoms with Gasteiger partial charge in [0.25, 0.3) is 0 Å². The number of hydrogen-bond donors (Lipinski definition) is 4. The lowest BCUT2D eigenvalue weighted by Crippen LogP contribution is -2.36. The summed E-state index contributed by atoms with van der Waals surface area (Å²) in [5.41, 5.74) is 1.35. The first-order chi connectivity index (χ1) is 18.7. The van der Waals surface area contributed by atoms with Crippen LogP contribution in [0.1, 0.15) is 37.7 Å². The third-order valence-corrected chi connectivity index (χ3v) is 6.41. The molecule has 204 valence electrons. The van der Waals surface area contributed by atoms with Crippen LogP contribution >= 0.6 is 11.6 Å². The number of rotatable bonds is 10. The number of aliphatic carboxylic acids is 1. The third-order valence-electron chi connectivity index (χ3n) is 6.17. The molecule has 1 saturated heterocycles. The van der Waals surface area contributed by atoms with Crippen molar-refractivity contribution in [2.45, 2.75) is 44.4 Å². The van der Waals surface area contributed by atoms with Crippen molar-refractivity contribution in [1.29, 1.82) is 0 Å². The molecule has 0 spiro atoms. The number of aliphatic hydroxyl groups excluding tert-OH is 1. The Morgan fingerprint density at radius 3 is 2.79 bits per heavy atom. The van der Waals surface area contributed by atoms with Crippen molar-refractivity contribution < 1.29 is 33.7 Å². The van der Waals surface area contributed by atoms with Crippen molar-refractivity contribution in [3.63, 3.8) is 0 Å². The van der Waals surface area contributed by atoms with Crippen molar-refractivity contribution in [2.75, 3.05) is 17.4 Å². The summed E-state index contributed by atoms with van der Waals surface area (Å²) in [4.78, 5) is 40.4. The van der Waals surface area contributed by atoms with Gasteiger partial charge in [0.05, 0.1) is 31.1 Å². The lowest BCUT2D eigenvalue weighted by atomic mass is 10.1. The number of amides is 1. The van der Waals surface area contributed by atoms with Crippen molar-refractivity contribution >= 4 is 58.5 Å². The monoisotopic (exact) mass is 558 g/mol. The number of nitrogens with zero attached hydrogens (tertiary/aromatic N) is 4. The molecule has 5 rings (SSSR count). The quantitative estimate of drug-likeness (QED) is 0.272. The Morgan fingerprint density at radius 1 is 1.26 bits per heavy atom. The van der Waals surface area contributed by atoms with Crippen LogP contribution in [-0.2, 0) is 19.1 Å². The van der Waals surface area contributed by atoms with Gasteiger partial charge in [-0.05, 0) is 42.7 Å². The number of anilines is 3. The zero-order valence-electron chi connectivity index (χ0n) is 20.4. The highest BCUT2D eigenvalue weighted by atomic mass is 35.5. The number of fused-ring (bicyclic) bond motifs is 1. The number of likely N-dealkylation sites (tertiary alicyclic amines) is 1. The number of carboxylic acids is 1. The summed E-state index contributed by atoms with van der Waals surface area (Å²) in [6.45, 7) is -0.516. The maximum Gasteiger partial charge on any atom is 0.308 e. The highest BCUT2D eigenvalue weighted by Gasteiger charge is 2.35. The Kier molecular flexibility index (Phi) is 7.35. The van der Waals surface area contributed by atoms with E-state index >= 15 is 0 Å². The summed E-state index contributed by atoms with van der Waals surface area (Å²) >= 11 is 6.03.